The van der Waals surface area contributed by atoms with E-state index in [4.69, 9.17) is 33.7 Å². The second kappa shape index (κ2) is 4.82. The summed E-state index contributed by atoms with van der Waals surface area (Å²) in [5, 5.41) is 1.04. The maximum absolute atomic E-state index is 6.16. The van der Waals surface area contributed by atoms with Crippen LogP contribution in [0.1, 0.15) is 31.2 Å². The van der Waals surface area contributed by atoms with Crippen LogP contribution in [0.25, 0.3) is 0 Å². The number of halogens is 2. The Bertz CT molecular complexity index is 393. The molecule has 2 atom stereocenters. The van der Waals surface area contributed by atoms with Crippen LogP contribution in [0.5, 0.6) is 5.75 Å². The maximum atomic E-state index is 6.16. The Morgan fingerprint density at radius 2 is 2.19 bits per heavy atom. The molecule has 1 aliphatic heterocycles. The van der Waals surface area contributed by atoms with E-state index in [-0.39, 0.29) is 6.04 Å². The van der Waals surface area contributed by atoms with E-state index < -0.39 is 0 Å². The number of nitrogens with two attached hydrogens (primary N) is 1. The van der Waals surface area contributed by atoms with E-state index in [1.165, 1.54) is 0 Å². The molecule has 0 spiro atoms. The molecule has 0 saturated carbocycles. The predicted molar refractivity (Wildman–Crippen MR) is 67.6 cm³/mol. The third-order valence-corrected chi connectivity index (χ3v) is 3.81. The molecule has 0 saturated heterocycles. The van der Waals surface area contributed by atoms with Crippen LogP contribution >= 0.6 is 23.2 Å². The average Bonchev–Trinajstić information content (AvgIpc) is 2.46. The first-order chi connectivity index (χ1) is 7.61. The van der Waals surface area contributed by atoms with Gasteiger partial charge in [-0.05, 0) is 25.8 Å². The lowest BCUT2D eigenvalue weighted by atomic mass is 9.89. The SMILES string of the molecule is CC(N)C1CCCOc2c1ccc(Cl)c2Cl. The molecule has 1 aromatic rings. The van der Waals surface area contributed by atoms with Gasteiger partial charge >= 0.3 is 0 Å². The number of hydrogen-bond acceptors (Lipinski definition) is 2. The van der Waals surface area contributed by atoms with Crippen molar-refractivity contribution in [3.63, 3.8) is 0 Å². The maximum Gasteiger partial charge on any atom is 0.142 e. The number of rotatable bonds is 1. The van der Waals surface area contributed by atoms with Gasteiger partial charge in [0, 0.05) is 17.5 Å². The molecular weight excluding hydrogens is 245 g/mol. The molecule has 2 nitrogen and oxygen atoms in total. The second-order valence-corrected chi connectivity index (χ2v) is 5.02. The zero-order valence-electron chi connectivity index (χ0n) is 9.17. The molecule has 1 aliphatic rings. The first-order valence-corrected chi connectivity index (χ1v) is 6.23. The van der Waals surface area contributed by atoms with E-state index >= 15 is 0 Å². The Balaban J connectivity index is 2.50. The van der Waals surface area contributed by atoms with E-state index in [0.29, 0.717) is 28.3 Å². The topological polar surface area (TPSA) is 35.2 Å². The van der Waals surface area contributed by atoms with Crippen molar-refractivity contribution in [2.45, 2.75) is 31.7 Å². The molecule has 1 heterocycles. The van der Waals surface area contributed by atoms with Gasteiger partial charge in [0.25, 0.3) is 0 Å². The molecule has 1 aromatic carbocycles. The third-order valence-electron chi connectivity index (χ3n) is 3.02. The summed E-state index contributed by atoms with van der Waals surface area (Å²) in [5.41, 5.74) is 7.09. The summed E-state index contributed by atoms with van der Waals surface area (Å²) in [6.07, 6.45) is 2.03. The van der Waals surface area contributed by atoms with E-state index in [1.54, 1.807) is 0 Å². The summed E-state index contributed by atoms with van der Waals surface area (Å²) in [6.45, 7) is 2.69. The molecule has 0 fully saturated rings. The van der Waals surface area contributed by atoms with Gasteiger partial charge in [-0.25, -0.2) is 0 Å². The van der Waals surface area contributed by atoms with Crippen molar-refractivity contribution in [1.29, 1.82) is 0 Å². The molecule has 16 heavy (non-hydrogen) atoms. The lowest BCUT2D eigenvalue weighted by Gasteiger charge is -2.21. The van der Waals surface area contributed by atoms with E-state index in [0.717, 1.165) is 18.4 Å². The van der Waals surface area contributed by atoms with Crippen LogP contribution in [-0.2, 0) is 0 Å². The first kappa shape index (κ1) is 12.0. The summed E-state index contributed by atoms with van der Waals surface area (Å²) < 4.78 is 5.67. The largest absolute Gasteiger partial charge is 0.492 e. The van der Waals surface area contributed by atoms with E-state index in [2.05, 4.69) is 0 Å². The normalized spacial score (nSPS) is 21.9. The lowest BCUT2D eigenvalue weighted by molar-refractivity contribution is 0.315. The van der Waals surface area contributed by atoms with Crippen molar-refractivity contribution >= 4 is 23.2 Å². The van der Waals surface area contributed by atoms with Gasteiger partial charge in [0.15, 0.2) is 0 Å². The second-order valence-electron chi connectivity index (χ2n) is 4.24. The lowest BCUT2D eigenvalue weighted by Crippen LogP contribution is -2.24. The van der Waals surface area contributed by atoms with Crippen LogP contribution < -0.4 is 10.5 Å². The molecular formula is C12H15Cl2NO. The fraction of sp³-hybridized carbons (Fsp3) is 0.500. The summed E-state index contributed by atoms with van der Waals surface area (Å²) >= 11 is 12.1. The molecule has 2 N–H and O–H groups in total. The summed E-state index contributed by atoms with van der Waals surface area (Å²) in [4.78, 5) is 0. The zero-order chi connectivity index (χ0) is 11.7. The van der Waals surface area contributed by atoms with Gasteiger partial charge in [0.05, 0.1) is 11.6 Å². The van der Waals surface area contributed by atoms with Gasteiger partial charge in [-0.2, -0.15) is 0 Å². The molecule has 88 valence electrons. The number of ether oxygens (including phenoxy) is 1. The highest BCUT2D eigenvalue weighted by molar-refractivity contribution is 6.43. The van der Waals surface area contributed by atoms with Crippen LogP contribution in [0.15, 0.2) is 12.1 Å². The smallest absolute Gasteiger partial charge is 0.142 e. The average molecular weight is 260 g/mol. The van der Waals surface area contributed by atoms with Crippen LogP contribution in [0.2, 0.25) is 10.0 Å². The van der Waals surface area contributed by atoms with Gasteiger partial charge in [-0.3, -0.25) is 0 Å². The molecule has 2 unspecified atom stereocenters. The Labute approximate surface area is 106 Å². The fourth-order valence-corrected chi connectivity index (χ4v) is 2.54. The van der Waals surface area contributed by atoms with Gasteiger partial charge in [-0.15, -0.1) is 0 Å². The minimum absolute atomic E-state index is 0.0951. The predicted octanol–water partition coefficient (Wildman–Crippen LogP) is 3.60. The van der Waals surface area contributed by atoms with Gasteiger partial charge in [0.1, 0.15) is 10.8 Å². The Hall–Kier alpha value is -0.440. The van der Waals surface area contributed by atoms with Crippen molar-refractivity contribution in [3.8, 4) is 5.75 Å². The molecule has 0 radical (unpaired) electrons. The van der Waals surface area contributed by atoms with Crippen molar-refractivity contribution in [2.24, 2.45) is 5.73 Å². The Morgan fingerprint density at radius 1 is 1.44 bits per heavy atom. The summed E-state index contributed by atoms with van der Waals surface area (Å²) in [5.74, 6) is 1.02. The Morgan fingerprint density at radius 3 is 2.88 bits per heavy atom. The van der Waals surface area contributed by atoms with E-state index in [1.807, 2.05) is 19.1 Å². The molecule has 2 rings (SSSR count). The number of hydrogen-bond donors (Lipinski definition) is 1. The molecule has 0 amide bonds. The zero-order valence-corrected chi connectivity index (χ0v) is 10.7. The van der Waals surface area contributed by atoms with Gasteiger partial charge < -0.3 is 10.5 Å². The summed E-state index contributed by atoms with van der Waals surface area (Å²) in [6, 6.07) is 3.88. The quantitative estimate of drug-likeness (QED) is 0.837. The highest BCUT2D eigenvalue weighted by atomic mass is 35.5. The highest BCUT2D eigenvalue weighted by Crippen LogP contribution is 2.42. The highest BCUT2D eigenvalue weighted by Gasteiger charge is 2.25. The van der Waals surface area contributed by atoms with Gasteiger partial charge in [-0.1, -0.05) is 29.3 Å². The Kier molecular flexibility index (Phi) is 3.63. The molecule has 4 heteroatoms. The minimum atomic E-state index is 0.0951. The summed E-state index contributed by atoms with van der Waals surface area (Å²) in [7, 11) is 0. The van der Waals surface area contributed by atoms with Crippen molar-refractivity contribution in [1.82, 2.24) is 0 Å². The van der Waals surface area contributed by atoms with Crippen LogP contribution in [0.3, 0.4) is 0 Å². The van der Waals surface area contributed by atoms with Crippen molar-refractivity contribution in [3.05, 3.63) is 27.7 Å². The van der Waals surface area contributed by atoms with Crippen LogP contribution in [-0.4, -0.2) is 12.6 Å². The van der Waals surface area contributed by atoms with Gasteiger partial charge in [0.2, 0.25) is 0 Å². The van der Waals surface area contributed by atoms with Crippen LogP contribution in [0, 0.1) is 0 Å². The van der Waals surface area contributed by atoms with E-state index in [9.17, 15) is 0 Å². The third kappa shape index (κ3) is 2.15. The van der Waals surface area contributed by atoms with Crippen molar-refractivity contribution < 1.29 is 4.74 Å². The minimum Gasteiger partial charge on any atom is -0.492 e. The van der Waals surface area contributed by atoms with Crippen LogP contribution in [0.4, 0.5) is 0 Å². The molecule has 0 bridgehead atoms. The molecule has 0 aliphatic carbocycles. The van der Waals surface area contributed by atoms with Crippen molar-refractivity contribution in [2.75, 3.05) is 6.61 Å². The number of benzene rings is 1. The number of fused-ring (bicyclic) bond motifs is 1. The monoisotopic (exact) mass is 259 g/mol. The molecule has 0 aromatic heterocycles. The first-order valence-electron chi connectivity index (χ1n) is 5.47. The standard InChI is InChI=1S/C12H15Cl2NO/c1-7(15)8-3-2-6-16-12-9(8)4-5-10(13)11(12)14/h4-5,7-8H,2-3,6,15H2,1H3. The fourth-order valence-electron chi connectivity index (χ4n) is 2.16.